The number of ether oxygens (including phenoxy) is 2. The molecule has 1 amide bonds. The van der Waals surface area contributed by atoms with E-state index in [4.69, 9.17) is 9.47 Å². The molecule has 4 heteroatoms. The summed E-state index contributed by atoms with van der Waals surface area (Å²) in [6.07, 6.45) is 0.801. The van der Waals surface area contributed by atoms with Crippen LogP contribution in [0, 0.1) is 13.8 Å². The van der Waals surface area contributed by atoms with Crippen LogP contribution >= 0.6 is 0 Å². The molecular formula is C23H29NO3. The molecule has 0 unspecified atom stereocenters. The van der Waals surface area contributed by atoms with Gasteiger partial charge in [0.15, 0.2) is 6.10 Å². The van der Waals surface area contributed by atoms with Gasteiger partial charge in [-0.3, -0.25) is 4.79 Å². The van der Waals surface area contributed by atoms with Crippen molar-refractivity contribution >= 4 is 5.91 Å². The fraction of sp³-hybridized carbons (Fsp3) is 0.435. The summed E-state index contributed by atoms with van der Waals surface area (Å²) < 4.78 is 12.1. The SMILES string of the molecule is CC[C@@H](Oc1cccc(C)c1)C(=O)N[C@@H]1CC(C)(C)Oc2cc(C)ccc21. The summed E-state index contributed by atoms with van der Waals surface area (Å²) in [4.78, 5) is 12.9. The van der Waals surface area contributed by atoms with Crippen molar-refractivity contribution in [3.8, 4) is 11.5 Å². The Labute approximate surface area is 161 Å². The van der Waals surface area contributed by atoms with E-state index >= 15 is 0 Å². The highest BCUT2D eigenvalue weighted by atomic mass is 16.5. The van der Waals surface area contributed by atoms with Gasteiger partial charge in [-0.2, -0.15) is 0 Å². The summed E-state index contributed by atoms with van der Waals surface area (Å²) in [6, 6.07) is 13.8. The van der Waals surface area contributed by atoms with Crippen molar-refractivity contribution in [2.45, 2.75) is 65.2 Å². The van der Waals surface area contributed by atoms with Gasteiger partial charge in [-0.15, -0.1) is 0 Å². The molecule has 0 bridgehead atoms. The molecule has 0 saturated carbocycles. The molecule has 2 atom stereocenters. The average Bonchev–Trinajstić information content (AvgIpc) is 2.58. The number of hydrogen-bond acceptors (Lipinski definition) is 3. The number of amides is 1. The van der Waals surface area contributed by atoms with Gasteiger partial charge in [-0.25, -0.2) is 0 Å². The zero-order valence-electron chi connectivity index (χ0n) is 16.8. The Morgan fingerprint density at radius 1 is 1.22 bits per heavy atom. The summed E-state index contributed by atoms with van der Waals surface area (Å²) in [5.74, 6) is 1.48. The lowest BCUT2D eigenvalue weighted by Crippen LogP contribution is -2.45. The fourth-order valence-electron chi connectivity index (χ4n) is 3.53. The first kappa shape index (κ1) is 19.3. The Kier molecular flexibility index (Phi) is 5.45. The first-order valence-corrected chi connectivity index (χ1v) is 9.60. The predicted molar refractivity (Wildman–Crippen MR) is 107 cm³/mol. The van der Waals surface area contributed by atoms with Gasteiger partial charge in [-0.05, 0) is 63.4 Å². The molecular weight excluding hydrogens is 338 g/mol. The highest BCUT2D eigenvalue weighted by molar-refractivity contribution is 5.81. The second-order valence-electron chi connectivity index (χ2n) is 8.00. The molecule has 27 heavy (non-hydrogen) atoms. The lowest BCUT2D eigenvalue weighted by molar-refractivity contribution is -0.129. The lowest BCUT2D eigenvalue weighted by Gasteiger charge is -2.38. The van der Waals surface area contributed by atoms with Crippen molar-refractivity contribution in [2.24, 2.45) is 0 Å². The van der Waals surface area contributed by atoms with Crippen molar-refractivity contribution in [2.75, 3.05) is 0 Å². The van der Waals surface area contributed by atoms with Crippen LogP contribution in [-0.4, -0.2) is 17.6 Å². The smallest absolute Gasteiger partial charge is 0.261 e. The molecule has 0 saturated heterocycles. The zero-order valence-corrected chi connectivity index (χ0v) is 16.8. The van der Waals surface area contributed by atoms with E-state index in [0.29, 0.717) is 6.42 Å². The van der Waals surface area contributed by atoms with Crippen molar-refractivity contribution in [1.82, 2.24) is 5.32 Å². The topological polar surface area (TPSA) is 47.6 Å². The largest absolute Gasteiger partial charge is 0.487 e. The van der Waals surface area contributed by atoms with Crippen molar-refractivity contribution in [3.05, 3.63) is 59.2 Å². The number of benzene rings is 2. The summed E-state index contributed by atoms with van der Waals surface area (Å²) in [5.41, 5.74) is 2.94. The zero-order chi connectivity index (χ0) is 19.6. The normalized spacial score (nSPS) is 18.8. The maximum Gasteiger partial charge on any atom is 0.261 e. The van der Waals surface area contributed by atoms with E-state index in [1.165, 1.54) is 0 Å². The van der Waals surface area contributed by atoms with E-state index in [9.17, 15) is 4.79 Å². The minimum Gasteiger partial charge on any atom is -0.487 e. The predicted octanol–water partition coefficient (Wildman–Crippen LogP) is 4.88. The second kappa shape index (κ2) is 7.63. The third kappa shape index (κ3) is 4.62. The van der Waals surface area contributed by atoms with Crippen molar-refractivity contribution in [1.29, 1.82) is 0 Å². The van der Waals surface area contributed by atoms with E-state index in [2.05, 4.69) is 25.2 Å². The molecule has 0 fully saturated rings. The number of nitrogens with one attached hydrogen (secondary N) is 1. The van der Waals surface area contributed by atoms with Crippen LogP contribution in [0.15, 0.2) is 42.5 Å². The maximum absolute atomic E-state index is 12.9. The lowest BCUT2D eigenvalue weighted by atomic mass is 9.89. The number of hydrogen-bond donors (Lipinski definition) is 1. The molecule has 1 N–H and O–H groups in total. The molecule has 1 aliphatic heterocycles. The van der Waals surface area contributed by atoms with Gasteiger partial charge < -0.3 is 14.8 Å². The van der Waals surface area contributed by atoms with E-state index in [1.54, 1.807) is 0 Å². The van der Waals surface area contributed by atoms with Crippen LogP contribution in [0.5, 0.6) is 11.5 Å². The molecule has 144 valence electrons. The third-order valence-electron chi connectivity index (χ3n) is 4.87. The number of carbonyl (C=O) groups excluding carboxylic acids is 1. The van der Waals surface area contributed by atoms with Crippen molar-refractivity contribution in [3.63, 3.8) is 0 Å². The second-order valence-corrected chi connectivity index (χ2v) is 8.00. The number of aryl methyl sites for hydroxylation is 2. The number of fused-ring (bicyclic) bond motifs is 1. The van der Waals surface area contributed by atoms with E-state index in [0.717, 1.165) is 34.6 Å². The van der Waals surface area contributed by atoms with Crippen LogP contribution in [-0.2, 0) is 4.79 Å². The van der Waals surface area contributed by atoms with Crippen LogP contribution in [0.1, 0.15) is 56.3 Å². The molecule has 2 aromatic carbocycles. The molecule has 4 nitrogen and oxygen atoms in total. The van der Waals surface area contributed by atoms with Gasteiger partial charge in [0.25, 0.3) is 5.91 Å². The summed E-state index contributed by atoms with van der Waals surface area (Å²) in [6.45, 7) is 10.1. The van der Waals surface area contributed by atoms with Crippen LogP contribution in [0.3, 0.4) is 0 Å². The quantitative estimate of drug-likeness (QED) is 0.819. The Morgan fingerprint density at radius 2 is 1.96 bits per heavy atom. The van der Waals surface area contributed by atoms with Gasteiger partial charge in [0.05, 0.1) is 6.04 Å². The monoisotopic (exact) mass is 367 g/mol. The van der Waals surface area contributed by atoms with Gasteiger partial charge in [0.2, 0.25) is 0 Å². The summed E-state index contributed by atoms with van der Waals surface area (Å²) in [5, 5.41) is 3.19. The Hall–Kier alpha value is -2.49. The Morgan fingerprint density at radius 3 is 2.67 bits per heavy atom. The molecule has 1 heterocycles. The Bertz CT molecular complexity index is 828. The highest BCUT2D eigenvalue weighted by Gasteiger charge is 2.35. The average molecular weight is 367 g/mol. The summed E-state index contributed by atoms with van der Waals surface area (Å²) in [7, 11) is 0. The molecule has 0 spiro atoms. The highest BCUT2D eigenvalue weighted by Crippen LogP contribution is 2.40. The van der Waals surface area contributed by atoms with E-state index < -0.39 is 6.10 Å². The first-order valence-electron chi connectivity index (χ1n) is 9.60. The number of carbonyl (C=O) groups is 1. The summed E-state index contributed by atoms with van der Waals surface area (Å²) >= 11 is 0. The third-order valence-corrected chi connectivity index (χ3v) is 4.87. The Balaban J connectivity index is 1.77. The van der Waals surface area contributed by atoms with E-state index in [-0.39, 0.29) is 17.6 Å². The maximum atomic E-state index is 12.9. The van der Waals surface area contributed by atoms with Gasteiger partial charge in [0, 0.05) is 12.0 Å². The molecule has 0 radical (unpaired) electrons. The van der Waals surface area contributed by atoms with Gasteiger partial charge >= 0.3 is 0 Å². The number of rotatable bonds is 5. The van der Waals surface area contributed by atoms with Crippen molar-refractivity contribution < 1.29 is 14.3 Å². The first-order chi connectivity index (χ1) is 12.8. The van der Waals surface area contributed by atoms with Gasteiger partial charge in [-0.1, -0.05) is 31.2 Å². The van der Waals surface area contributed by atoms with Crippen LogP contribution in [0.25, 0.3) is 0 Å². The molecule has 2 aromatic rings. The molecule has 0 aromatic heterocycles. The molecule has 3 rings (SSSR count). The van der Waals surface area contributed by atoms with Crippen LogP contribution in [0.4, 0.5) is 0 Å². The van der Waals surface area contributed by atoms with Gasteiger partial charge in [0.1, 0.15) is 17.1 Å². The molecule has 1 aliphatic rings. The fourth-order valence-corrected chi connectivity index (χ4v) is 3.53. The van der Waals surface area contributed by atoms with Crippen LogP contribution in [0.2, 0.25) is 0 Å². The van der Waals surface area contributed by atoms with Crippen LogP contribution < -0.4 is 14.8 Å². The minimum atomic E-state index is -0.522. The standard InChI is InChI=1S/C23H29NO3/c1-6-20(26-17-9-7-8-15(2)12-17)22(25)24-19-14-23(4,5)27-21-13-16(3)10-11-18(19)21/h7-13,19-20H,6,14H2,1-5H3,(H,24,25)/t19-,20-/m1/s1. The molecule has 0 aliphatic carbocycles. The van der Waals surface area contributed by atoms with E-state index in [1.807, 2.05) is 57.2 Å². The minimum absolute atomic E-state index is 0.0896.